The molecule has 0 aromatic carbocycles. The SMILES string of the molecule is C[C@H]1CN(C(=O)C23CC4C[C@@](C)(C2)C[C@@](C)(C4)C3)C[C@H](C)O1. The van der Waals surface area contributed by atoms with Gasteiger partial charge in [0.05, 0.1) is 17.6 Å². The Labute approximate surface area is 134 Å². The standard InChI is InChI=1S/C19H31NO2/c1-13-8-20(9-14(2)22-13)16(21)19-7-15-5-17(3,11-19)10-18(4,6-15)12-19/h13-15H,5-12H2,1-4H3/t13-,14-,15?,17+,18+,19?/m0/s1. The normalized spacial score (nSPS) is 53.8. The van der Waals surface area contributed by atoms with Gasteiger partial charge in [0.2, 0.25) is 5.91 Å². The predicted octanol–water partition coefficient (Wildman–Crippen LogP) is 3.62. The van der Waals surface area contributed by atoms with Gasteiger partial charge in [-0.1, -0.05) is 13.8 Å². The lowest BCUT2D eigenvalue weighted by Gasteiger charge is -2.65. The van der Waals surface area contributed by atoms with E-state index in [4.69, 9.17) is 4.74 Å². The zero-order chi connectivity index (χ0) is 15.8. The summed E-state index contributed by atoms with van der Waals surface area (Å²) in [6.45, 7) is 10.6. The van der Waals surface area contributed by atoms with Gasteiger partial charge in [-0.25, -0.2) is 0 Å². The maximum atomic E-state index is 13.5. The minimum atomic E-state index is -0.0559. The lowest BCUT2D eigenvalue weighted by molar-refractivity contribution is -0.186. The highest BCUT2D eigenvalue weighted by Gasteiger charge is 2.63. The van der Waals surface area contributed by atoms with Crippen molar-refractivity contribution in [3.05, 3.63) is 0 Å². The van der Waals surface area contributed by atoms with E-state index in [9.17, 15) is 4.79 Å². The van der Waals surface area contributed by atoms with Crippen LogP contribution in [-0.4, -0.2) is 36.1 Å². The highest BCUT2D eigenvalue weighted by molar-refractivity contribution is 5.83. The Morgan fingerprint density at radius 2 is 1.50 bits per heavy atom. The van der Waals surface area contributed by atoms with Gasteiger partial charge in [0.15, 0.2) is 0 Å². The molecule has 0 aromatic heterocycles. The Balaban J connectivity index is 1.62. The van der Waals surface area contributed by atoms with Crippen LogP contribution in [-0.2, 0) is 9.53 Å². The third kappa shape index (κ3) is 2.23. The molecule has 4 bridgehead atoms. The van der Waals surface area contributed by atoms with E-state index in [-0.39, 0.29) is 17.6 Å². The molecule has 0 radical (unpaired) electrons. The van der Waals surface area contributed by atoms with Crippen LogP contribution in [0.2, 0.25) is 0 Å². The molecule has 5 rings (SSSR count). The topological polar surface area (TPSA) is 29.5 Å². The molecule has 0 N–H and O–H groups in total. The zero-order valence-corrected chi connectivity index (χ0v) is 14.7. The summed E-state index contributed by atoms with van der Waals surface area (Å²) in [6, 6.07) is 0. The smallest absolute Gasteiger partial charge is 0.229 e. The van der Waals surface area contributed by atoms with Gasteiger partial charge >= 0.3 is 0 Å². The summed E-state index contributed by atoms with van der Waals surface area (Å²) < 4.78 is 5.83. The number of amides is 1. The number of nitrogens with zero attached hydrogens (tertiary/aromatic N) is 1. The van der Waals surface area contributed by atoms with Crippen molar-refractivity contribution in [2.45, 2.75) is 78.4 Å². The van der Waals surface area contributed by atoms with Crippen LogP contribution in [0.5, 0.6) is 0 Å². The molecule has 4 saturated carbocycles. The van der Waals surface area contributed by atoms with Gasteiger partial charge in [-0.2, -0.15) is 0 Å². The first-order valence-corrected chi connectivity index (χ1v) is 9.16. The number of rotatable bonds is 1. The fourth-order valence-corrected chi connectivity index (χ4v) is 7.37. The van der Waals surface area contributed by atoms with Gasteiger partial charge in [0.1, 0.15) is 0 Å². The van der Waals surface area contributed by atoms with Gasteiger partial charge in [-0.15, -0.1) is 0 Å². The van der Waals surface area contributed by atoms with Gasteiger partial charge in [-0.05, 0) is 69.1 Å². The molecule has 0 aromatic rings. The Hall–Kier alpha value is -0.570. The van der Waals surface area contributed by atoms with Gasteiger partial charge in [-0.3, -0.25) is 4.79 Å². The Kier molecular flexibility index (Phi) is 3.06. The summed E-state index contributed by atoms with van der Waals surface area (Å²) >= 11 is 0. The van der Waals surface area contributed by atoms with E-state index in [2.05, 4.69) is 32.6 Å². The lowest BCUT2D eigenvalue weighted by atomic mass is 9.40. The van der Waals surface area contributed by atoms with Crippen molar-refractivity contribution < 1.29 is 9.53 Å². The van der Waals surface area contributed by atoms with E-state index in [0.717, 1.165) is 38.3 Å². The van der Waals surface area contributed by atoms with Crippen molar-refractivity contribution in [1.29, 1.82) is 0 Å². The summed E-state index contributed by atoms with van der Waals surface area (Å²) in [5.41, 5.74) is 0.764. The first-order valence-electron chi connectivity index (χ1n) is 9.16. The molecular formula is C19H31NO2. The Morgan fingerprint density at radius 3 is 2.00 bits per heavy atom. The van der Waals surface area contributed by atoms with Crippen molar-refractivity contribution in [2.24, 2.45) is 22.2 Å². The molecule has 1 heterocycles. The van der Waals surface area contributed by atoms with E-state index in [0.29, 0.717) is 16.7 Å². The fourth-order valence-electron chi connectivity index (χ4n) is 7.37. The average Bonchev–Trinajstić information content (AvgIpc) is 2.32. The van der Waals surface area contributed by atoms with Crippen molar-refractivity contribution in [3.63, 3.8) is 0 Å². The van der Waals surface area contributed by atoms with Crippen molar-refractivity contribution >= 4 is 5.91 Å². The number of hydrogen-bond acceptors (Lipinski definition) is 2. The number of carbonyl (C=O) groups is 1. The van der Waals surface area contributed by atoms with Crippen LogP contribution >= 0.6 is 0 Å². The number of ether oxygens (including phenoxy) is 1. The highest BCUT2D eigenvalue weighted by Crippen LogP contribution is 2.69. The average molecular weight is 305 g/mol. The second kappa shape index (κ2) is 4.49. The molecule has 4 atom stereocenters. The van der Waals surface area contributed by atoms with Crippen LogP contribution in [0.3, 0.4) is 0 Å². The second-order valence-corrected chi connectivity index (χ2v) is 9.88. The molecule has 1 aliphatic heterocycles. The fraction of sp³-hybridized carbons (Fsp3) is 0.947. The Morgan fingerprint density at radius 1 is 0.955 bits per heavy atom. The Bertz CT molecular complexity index is 474. The van der Waals surface area contributed by atoms with Crippen LogP contribution in [0, 0.1) is 22.2 Å². The first kappa shape index (κ1) is 15.0. The minimum absolute atomic E-state index is 0.0559. The molecular weight excluding hydrogens is 274 g/mol. The minimum Gasteiger partial charge on any atom is -0.372 e. The van der Waals surface area contributed by atoms with Crippen LogP contribution in [0.25, 0.3) is 0 Å². The molecule has 1 saturated heterocycles. The molecule has 3 heteroatoms. The summed E-state index contributed by atoms with van der Waals surface area (Å²) in [5, 5.41) is 0. The number of morpholine rings is 1. The van der Waals surface area contributed by atoms with Gasteiger partial charge in [0.25, 0.3) is 0 Å². The molecule has 4 aliphatic carbocycles. The molecule has 0 spiro atoms. The van der Waals surface area contributed by atoms with Crippen molar-refractivity contribution in [2.75, 3.05) is 13.1 Å². The molecule has 5 aliphatic rings. The van der Waals surface area contributed by atoms with Crippen molar-refractivity contribution in [1.82, 2.24) is 4.90 Å². The van der Waals surface area contributed by atoms with Crippen molar-refractivity contribution in [3.8, 4) is 0 Å². The summed E-state index contributed by atoms with van der Waals surface area (Å²) in [6.07, 6.45) is 7.80. The number of hydrogen-bond donors (Lipinski definition) is 0. The quantitative estimate of drug-likeness (QED) is 0.740. The van der Waals surface area contributed by atoms with E-state index in [1.54, 1.807) is 0 Å². The second-order valence-electron chi connectivity index (χ2n) is 9.88. The molecule has 124 valence electrons. The van der Waals surface area contributed by atoms with Crippen LogP contribution in [0.1, 0.15) is 66.2 Å². The van der Waals surface area contributed by atoms with Crippen LogP contribution in [0.4, 0.5) is 0 Å². The summed E-state index contributed by atoms with van der Waals surface area (Å²) in [7, 11) is 0. The highest BCUT2D eigenvalue weighted by atomic mass is 16.5. The van der Waals surface area contributed by atoms with Crippen LogP contribution < -0.4 is 0 Å². The zero-order valence-electron chi connectivity index (χ0n) is 14.7. The monoisotopic (exact) mass is 305 g/mol. The maximum Gasteiger partial charge on any atom is 0.229 e. The molecule has 0 unspecified atom stereocenters. The summed E-state index contributed by atoms with van der Waals surface area (Å²) in [5.74, 6) is 1.24. The third-order valence-corrected chi connectivity index (χ3v) is 6.79. The lowest BCUT2D eigenvalue weighted by Crippen LogP contribution is -2.62. The maximum absolute atomic E-state index is 13.5. The van der Waals surface area contributed by atoms with E-state index in [1.807, 2.05) is 0 Å². The summed E-state index contributed by atoms with van der Waals surface area (Å²) in [4.78, 5) is 15.6. The van der Waals surface area contributed by atoms with Crippen LogP contribution in [0.15, 0.2) is 0 Å². The van der Waals surface area contributed by atoms with Gasteiger partial charge < -0.3 is 9.64 Å². The third-order valence-electron chi connectivity index (χ3n) is 6.79. The molecule has 3 nitrogen and oxygen atoms in total. The molecule has 1 amide bonds. The molecule has 5 fully saturated rings. The van der Waals surface area contributed by atoms with E-state index in [1.165, 1.54) is 19.3 Å². The predicted molar refractivity (Wildman–Crippen MR) is 86.4 cm³/mol. The largest absolute Gasteiger partial charge is 0.372 e. The van der Waals surface area contributed by atoms with Gasteiger partial charge in [0, 0.05) is 13.1 Å². The molecule has 22 heavy (non-hydrogen) atoms. The first-order chi connectivity index (χ1) is 10.2. The van der Waals surface area contributed by atoms with E-state index >= 15 is 0 Å². The number of carbonyl (C=O) groups excluding carboxylic acids is 1. The van der Waals surface area contributed by atoms with E-state index < -0.39 is 0 Å².